The second-order valence-electron chi connectivity index (χ2n) is 7.88. The smallest absolute Gasteiger partial charge is 0.228 e. The Balaban J connectivity index is 1.59. The molecule has 0 spiro atoms. The number of carbonyl (C=O) groups excluding carboxylic acids is 2. The van der Waals surface area contributed by atoms with Gasteiger partial charge in [0.25, 0.3) is 0 Å². The fourth-order valence-electron chi connectivity index (χ4n) is 3.67. The molecule has 1 fully saturated rings. The minimum absolute atomic E-state index is 0.0112. The van der Waals surface area contributed by atoms with E-state index in [1.165, 1.54) is 28.0 Å². The standard InChI is InChI=1S/C23H25N7O2/c1-4-19(31)16-11-25-20(27-23(32)14-5-6-14)10-17(16)26-22-21-18(7-8-24-22)30-15(12-29(21)3)9-13(2)28-30/h7-11,14H,4-6,12H2,1-3H3,(H2,24,25,26,27,32)/i1D3,12D2. The number of aromatic nitrogens is 4. The summed E-state index contributed by atoms with van der Waals surface area (Å²) in [6.45, 7) is -2.63. The summed E-state index contributed by atoms with van der Waals surface area (Å²) in [7, 11) is 1.59. The third-order valence-corrected chi connectivity index (χ3v) is 5.40. The van der Waals surface area contributed by atoms with E-state index in [1.807, 2.05) is 0 Å². The van der Waals surface area contributed by atoms with Crippen molar-refractivity contribution in [3.63, 3.8) is 0 Å². The zero-order chi connectivity index (χ0) is 26.7. The van der Waals surface area contributed by atoms with Crippen LogP contribution in [0.3, 0.4) is 0 Å². The number of nitrogens with one attached hydrogen (secondary N) is 2. The molecule has 4 heterocycles. The van der Waals surface area contributed by atoms with Gasteiger partial charge in [-0.1, -0.05) is 6.85 Å². The number of carbonyl (C=O) groups is 2. The van der Waals surface area contributed by atoms with E-state index in [-0.39, 0.29) is 34.7 Å². The Morgan fingerprint density at radius 3 is 2.94 bits per heavy atom. The molecule has 0 atom stereocenters. The Hall–Kier alpha value is -3.75. The molecular weight excluding hydrogens is 406 g/mol. The largest absolute Gasteiger partial charge is 0.364 e. The van der Waals surface area contributed by atoms with Gasteiger partial charge in [-0.05, 0) is 31.9 Å². The van der Waals surface area contributed by atoms with Crippen LogP contribution in [-0.2, 0) is 11.3 Å². The molecule has 0 aromatic carbocycles. The first kappa shape index (κ1) is 15.1. The van der Waals surface area contributed by atoms with Gasteiger partial charge in [0, 0.05) is 42.0 Å². The molecule has 1 saturated carbocycles. The minimum atomic E-state index is -2.48. The average Bonchev–Trinajstić information content (AvgIpc) is 3.58. The van der Waals surface area contributed by atoms with E-state index >= 15 is 0 Å². The maximum Gasteiger partial charge on any atom is 0.228 e. The summed E-state index contributed by atoms with van der Waals surface area (Å²) in [4.78, 5) is 35.2. The lowest BCUT2D eigenvalue weighted by Gasteiger charge is -2.30. The number of aryl methyl sites for hydroxylation is 1. The van der Waals surface area contributed by atoms with Crippen molar-refractivity contribution in [2.24, 2.45) is 5.92 Å². The van der Waals surface area contributed by atoms with Crippen LogP contribution in [0.25, 0.3) is 5.69 Å². The third-order valence-electron chi connectivity index (χ3n) is 5.40. The topological polar surface area (TPSA) is 105 Å². The quantitative estimate of drug-likeness (QED) is 0.569. The molecule has 2 N–H and O–H groups in total. The van der Waals surface area contributed by atoms with E-state index in [4.69, 9.17) is 6.85 Å². The highest BCUT2D eigenvalue weighted by Gasteiger charge is 2.30. The lowest BCUT2D eigenvalue weighted by molar-refractivity contribution is -0.117. The molecule has 3 aromatic rings. The molecule has 2 aliphatic rings. The van der Waals surface area contributed by atoms with Gasteiger partial charge in [-0.2, -0.15) is 5.10 Å². The van der Waals surface area contributed by atoms with E-state index in [2.05, 4.69) is 25.7 Å². The molecule has 164 valence electrons. The lowest BCUT2D eigenvalue weighted by Crippen LogP contribution is -2.27. The Bertz CT molecular complexity index is 1410. The van der Waals surface area contributed by atoms with Crippen LogP contribution in [0.15, 0.2) is 30.6 Å². The van der Waals surface area contributed by atoms with Crippen LogP contribution in [0.1, 0.15) is 54.7 Å². The number of pyridine rings is 2. The molecule has 0 bridgehead atoms. The molecule has 1 amide bonds. The van der Waals surface area contributed by atoms with Gasteiger partial charge < -0.3 is 15.5 Å². The van der Waals surface area contributed by atoms with E-state index < -0.39 is 25.6 Å². The maximum absolute atomic E-state index is 12.9. The first-order chi connectivity index (χ1) is 17.3. The SMILES string of the molecule is [2H]C([2H])([2H])CC(=O)c1cnc(NC(=O)C2CC2)cc1Nc1nccc2c1N(C)C([2H])([2H])c1cc(C)nn1-2. The molecule has 5 rings (SSSR count). The van der Waals surface area contributed by atoms with E-state index in [9.17, 15) is 9.59 Å². The zero-order valence-electron chi connectivity index (χ0n) is 22.6. The summed E-state index contributed by atoms with van der Waals surface area (Å²) in [5.74, 6) is -0.488. The number of fused-ring (bicyclic) bond motifs is 3. The Morgan fingerprint density at radius 2 is 2.16 bits per heavy atom. The summed E-state index contributed by atoms with van der Waals surface area (Å²) in [6, 6.07) is 4.84. The molecule has 9 heteroatoms. The molecule has 1 aliphatic heterocycles. The monoisotopic (exact) mass is 436 g/mol. The van der Waals surface area contributed by atoms with Crippen LogP contribution in [-0.4, -0.2) is 38.5 Å². The first-order valence-electron chi connectivity index (χ1n) is 12.8. The highest BCUT2D eigenvalue weighted by atomic mass is 16.2. The van der Waals surface area contributed by atoms with E-state index in [1.54, 1.807) is 26.1 Å². The number of rotatable bonds is 6. The fraction of sp³-hybridized carbons (Fsp3) is 0.348. The molecule has 32 heavy (non-hydrogen) atoms. The van der Waals surface area contributed by atoms with E-state index in [0.717, 1.165) is 12.8 Å². The molecule has 9 nitrogen and oxygen atoms in total. The van der Waals surface area contributed by atoms with Gasteiger partial charge in [-0.15, -0.1) is 0 Å². The first-order valence-corrected chi connectivity index (χ1v) is 10.3. The summed E-state index contributed by atoms with van der Waals surface area (Å²) >= 11 is 0. The van der Waals surface area contributed by atoms with Crippen LogP contribution in [0.2, 0.25) is 0 Å². The van der Waals surface area contributed by atoms with Crippen molar-refractivity contribution in [1.29, 1.82) is 0 Å². The zero-order valence-corrected chi connectivity index (χ0v) is 17.6. The predicted octanol–water partition coefficient (Wildman–Crippen LogP) is 3.61. The van der Waals surface area contributed by atoms with Gasteiger partial charge in [-0.3, -0.25) is 9.59 Å². The summed E-state index contributed by atoms with van der Waals surface area (Å²) in [5.41, 5.74) is 2.17. The van der Waals surface area contributed by atoms with E-state index in [0.29, 0.717) is 22.8 Å². The fourth-order valence-corrected chi connectivity index (χ4v) is 3.67. The minimum Gasteiger partial charge on any atom is -0.364 e. The maximum atomic E-state index is 12.9. The lowest BCUT2D eigenvalue weighted by atomic mass is 10.1. The number of anilines is 4. The highest BCUT2D eigenvalue weighted by molar-refractivity contribution is 6.03. The molecule has 0 unspecified atom stereocenters. The third kappa shape index (κ3) is 3.59. The molecule has 3 aromatic heterocycles. The van der Waals surface area contributed by atoms with Crippen molar-refractivity contribution in [2.45, 2.75) is 39.5 Å². The van der Waals surface area contributed by atoms with Crippen LogP contribution in [0.5, 0.6) is 0 Å². The van der Waals surface area contributed by atoms with Crippen LogP contribution in [0, 0.1) is 12.8 Å². The van der Waals surface area contributed by atoms with Gasteiger partial charge in [0.2, 0.25) is 5.91 Å². The number of hydrogen-bond acceptors (Lipinski definition) is 7. The highest BCUT2D eigenvalue weighted by Crippen LogP contribution is 2.38. The second kappa shape index (κ2) is 7.74. The van der Waals surface area contributed by atoms with Crippen LogP contribution in [0.4, 0.5) is 23.0 Å². The normalized spacial score (nSPS) is 18.8. The Kier molecular flexibility index (Phi) is 3.66. The molecule has 1 aliphatic carbocycles. The number of hydrogen-bond donors (Lipinski definition) is 2. The van der Waals surface area contributed by atoms with Crippen molar-refractivity contribution >= 4 is 34.7 Å². The number of nitrogens with zero attached hydrogens (tertiary/aromatic N) is 5. The number of ketones is 1. The van der Waals surface area contributed by atoms with Crippen molar-refractivity contribution in [3.8, 4) is 5.69 Å². The summed E-state index contributed by atoms with van der Waals surface area (Å²) in [5, 5.41) is 10.2. The number of Topliss-reactive ketones (excluding diaryl/α,β-unsaturated/α-hetero) is 1. The van der Waals surface area contributed by atoms with Gasteiger partial charge >= 0.3 is 0 Å². The van der Waals surface area contributed by atoms with Crippen molar-refractivity contribution < 1.29 is 16.4 Å². The Labute approximate surface area is 192 Å². The summed E-state index contributed by atoms with van der Waals surface area (Å²) < 4.78 is 41.4. The van der Waals surface area contributed by atoms with Crippen LogP contribution < -0.4 is 15.5 Å². The van der Waals surface area contributed by atoms with Crippen LogP contribution >= 0.6 is 0 Å². The second-order valence-corrected chi connectivity index (χ2v) is 7.88. The van der Waals surface area contributed by atoms with Crippen molar-refractivity contribution in [1.82, 2.24) is 19.7 Å². The van der Waals surface area contributed by atoms with Gasteiger partial charge in [0.1, 0.15) is 11.5 Å². The van der Waals surface area contributed by atoms with Crippen molar-refractivity contribution in [2.75, 3.05) is 22.6 Å². The molecular formula is C23H25N7O2. The van der Waals surface area contributed by atoms with Crippen molar-refractivity contribution in [3.05, 3.63) is 47.5 Å². The number of amides is 1. The summed E-state index contributed by atoms with van der Waals surface area (Å²) in [6.07, 6.45) is 3.66. The van der Waals surface area contributed by atoms with Gasteiger partial charge in [0.15, 0.2) is 11.6 Å². The van der Waals surface area contributed by atoms with Gasteiger partial charge in [-0.25, -0.2) is 14.6 Å². The average molecular weight is 437 g/mol. The van der Waals surface area contributed by atoms with Gasteiger partial charge in [0.05, 0.1) is 37.6 Å². The Morgan fingerprint density at radius 1 is 1.31 bits per heavy atom. The predicted molar refractivity (Wildman–Crippen MR) is 122 cm³/mol. The molecule has 0 saturated heterocycles. The molecule has 0 radical (unpaired) electrons.